The number of hydrogen-bond acceptors (Lipinski definition) is 10. The lowest BCUT2D eigenvalue weighted by atomic mass is 10.1. The van der Waals surface area contributed by atoms with Gasteiger partial charge in [0.15, 0.2) is 6.54 Å². The van der Waals surface area contributed by atoms with E-state index in [-0.39, 0.29) is 18.6 Å². The molecule has 10 nitrogen and oxygen atoms in total. The number of methoxy groups -OCH3 is 2. The zero-order valence-electron chi connectivity index (χ0n) is 23.8. The maximum Gasteiger partial charge on any atom is 0.264 e. The van der Waals surface area contributed by atoms with E-state index in [2.05, 4.69) is 12.2 Å². The second kappa shape index (κ2) is 13.3. The van der Waals surface area contributed by atoms with Gasteiger partial charge in [-0.05, 0) is 49.1 Å². The van der Waals surface area contributed by atoms with Crippen molar-refractivity contribution >= 4 is 65.3 Å². The molecule has 4 rings (SSSR count). The standard InChI is InChI=1S/C28H34N2O8S4/c1-5-20(15-27-30(11-7-13-42(34,35)36)23-17-21(37-3)8-9-25(23)39-27)16-28-29(10-6-12-41(31,32)33)22-14-19(2)24(38-4)18-26(22)40-28/h8-9,14-18H,5-7,10-13H2,1-4H3,(H-,31,32,33,34,35,36). The van der Waals surface area contributed by atoms with Crippen molar-refractivity contribution < 1.29 is 40.0 Å². The molecule has 0 atom stereocenters. The Kier molecular flexibility index (Phi) is 10.3. The number of rotatable bonds is 13. The maximum absolute atomic E-state index is 11.4. The number of thioether (sulfide) groups is 1. The largest absolute Gasteiger partial charge is 0.748 e. The highest BCUT2D eigenvalue weighted by Gasteiger charge is 2.27. The summed E-state index contributed by atoms with van der Waals surface area (Å²) in [5.41, 5.74) is 3.77. The molecular formula is C28H34N2O8S4. The summed E-state index contributed by atoms with van der Waals surface area (Å²) in [5, 5.41) is 1.80. The zero-order valence-corrected chi connectivity index (χ0v) is 27.1. The van der Waals surface area contributed by atoms with Gasteiger partial charge in [0.2, 0.25) is 5.52 Å². The minimum atomic E-state index is -4.34. The SMILES string of the molecule is CCC(=C/c1sc2cc(OC)c(C)cc2[n+]1CCCS(=O)(=O)[O-])/C=C1/Sc2ccc(OC)cc2N1CCCS(=O)(=O)O. The van der Waals surface area contributed by atoms with Gasteiger partial charge in [-0.15, -0.1) is 0 Å². The molecule has 0 aliphatic carbocycles. The molecule has 0 amide bonds. The summed E-state index contributed by atoms with van der Waals surface area (Å²) in [6.07, 6.45) is 5.23. The first kappa shape index (κ1) is 32.3. The predicted molar refractivity (Wildman–Crippen MR) is 166 cm³/mol. The summed E-state index contributed by atoms with van der Waals surface area (Å²) >= 11 is 3.12. The molecule has 0 bridgehead atoms. The van der Waals surface area contributed by atoms with E-state index in [4.69, 9.17) is 9.47 Å². The van der Waals surface area contributed by atoms with Crippen LogP contribution in [0.15, 0.2) is 51.9 Å². The van der Waals surface area contributed by atoms with Gasteiger partial charge >= 0.3 is 0 Å². The quantitative estimate of drug-likeness (QED) is 0.199. The summed E-state index contributed by atoms with van der Waals surface area (Å²) in [6, 6.07) is 9.72. The fourth-order valence-electron chi connectivity index (χ4n) is 4.70. The summed E-state index contributed by atoms with van der Waals surface area (Å²) in [7, 11) is -5.22. The Balaban J connectivity index is 1.75. The number of anilines is 1. The van der Waals surface area contributed by atoms with E-state index in [1.54, 1.807) is 37.3 Å². The molecular weight excluding hydrogens is 621 g/mol. The van der Waals surface area contributed by atoms with Gasteiger partial charge in [-0.2, -0.15) is 13.0 Å². The van der Waals surface area contributed by atoms with Gasteiger partial charge in [0.05, 0.1) is 40.8 Å². The van der Waals surface area contributed by atoms with E-state index < -0.39 is 26.0 Å². The van der Waals surface area contributed by atoms with Gasteiger partial charge in [-0.3, -0.25) is 4.55 Å². The second-order valence-corrected chi connectivity index (χ2v) is 15.0. The van der Waals surface area contributed by atoms with Crippen molar-refractivity contribution in [3.8, 4) is 11.5 Å². The van der Waals surface area contributed by atoms with Crippen molar-refractivity contribution in [1.29, 1.82) is 0 Å². The number of ether oxygens (including phenoxy) is 2. The second-order valence-electron chi connectivity index (χ2n) is 9.78. The van der Waals surface area contributed by atoms with Crippen LogP contribution in [0.5, 0.6) is 11.5 Å². The van der Waals surface area contributed by atoms with Crippen LogP contribution >= 0.6 is 23.1 Å². The molecule has 0 fully saturated rings. The van der Waals surface area contributed by atoms with E-state index in [1.165, 1.54) is 0 Å². The lowest BCUT2D eigenvalue weighted by molar-refractivity contribution is -0.668. The first-order valence-corrected chi connectivity index (χ1v) is 18.1. The third kappa shape index (κ3) is 8.05. The molecule has 14 heteroatoms. The van der Waals surface area contributed by atoms with E-state index in [0.29, 0.717) is 25.3 Å². The third-order valence-electron chi connectivity index (χ3n) is 6.77. The van der Waals surface area contributed by atoms with Gasteiger partial charge in [-0.1, -0.05) is 30.0 Å². The summed E-state index contributed by atoms with van der Waals surface area (Å²) in [6.45, 7) is 4.71. The molecule has 0 saturated carbocycles. The lowest BCUT2D eigenvalue weighted by Gasteiger charge is -2.21. The van der Waals surface area contributed by atoms with Crippen LogP contribution in [-0.4, -0.2) is 58.2 Å². The molecule has 0 saturated heterocycles. The third-order valence-corrected chi connectivity index (χ3v) is 10.6. The molecule has 1 aromatic heterocycles. The fourth-order valence-corrected chi connectivity index (χ4v) is 8.00. The highest BCUT2D eigenvalue weighted by Crippen LogP contribution is 2.48. The Morgan fingerprint density at radius 2 is 1.86 bits per heavy atom. The van der Waals surface area contributed by atoms with Gasteiger partial charge < -0.3 is 18.9 Å². The molecule has 2 aromatic carbocycles. The number of fused-ring (bicyclic) bond motifs is 2. The molecule has 2 heterocycles. The molecule has 1 aliphatic rings. The lowest BCUT2D eigenvalue weighted by Crippen LogP contribution is -2.36. The number of aromatic nitrogens is 1. The Labute approximate surface area is 255 Å². The first-order valence-electron chi connectivity index (χ1n) is 13.3. The van der Waals surface area contributed by atoms with Crippen LogP contribution in [0.2, 0.25) is 0 Å². The minimum Gasteiger partial charge on any atom is -0.748 e. The number of benzene rings is 2. The van der Waals surface area contributed by atoms with Crippen LogP contribution in [-0.2, 0) is 26.8 Å². The fraction of sp³-hybridized carbons (Fsp3) is 0.393. The summed E-state index contributed by atoms with van der Waals surface area (Å²) in [4.78, 5) is 3.03. The van der Waals surface area contributed by atoms with Crippen molar-refractivity contribution in [2.75, 3.05) is 37.2 Å². The highest BCUT2D eigenvalue weighted by molar-refractivity contribution is 8.03. The molecule has 3 aromatic rings. The molecule has 0 radical (unpaired) electrons. The van der Waals surface area contributed by atoms with Crippen LogP contribution in [0.3, 0.4) is 0 Å². The van der Waals surface area contributed by atoms with Crippen molar-refractivity contribution in [3.05, 3.63) is 57.6 Å². The topological polar surface area (TPSA) is 137 Å². The van der Waals surface area contributed by atoms with E-state index in [9.17, 15) is 25.9 Å². The summed E-state index contributed by atoms with van der Waals surface area (Å²) < 4.78 is 79.9. The average Bonchev–Trinajstić information content (AvgIpc) is 3.42. The zero-order chi connectivity index (χ0) is 30.7. The predicted octanol–water partition coefficient (Wildman–Crippen LogP) is 4.97. The first-order chi connectivity index (χ1) is 19.8. The number of allylic oxidation sites excluding steroid dienone is 2. The van der Waals surface area contributed by atoms with E-state index in [0.717, 1.165) is 47.7 Å². The van der Waals surface area contributed by atoms with Crippen LogP contribution in [0.1, 0.15) is 36.8 Å². The van der Waals surface area contributed by atoms with Crippen LogP contribution in [0.25, 0.3) is 16.3 Å². The van der Waals surface area contributed by atoms with Gasteiger partial charge in [0, 0.05) is 47.9 Å². The molecule has 0 unspecified atom stereocenters. The van der Waals surface area contributed by atoms with Gasteiger partial charge in [0.1, 0.15) is 16.2 Å². The molecule has 42 heavy (non-hydrogen) atoms. The van der Waals surface area contributed by atoms with E-state index >= 15 is 0 Å². The highest BCUT2D eigenvalue weighted by atomic mass is 32.2. The molecule has 1 N–H and O–H groups in total. The Hall–Kier alpha value is -2.62. The van der Waals surface area contributed by atoms with Gasteiger partial charge in [-0.25, -0.2) is 8.42 Å². The van der Waals surface area contributed by atoms with E-state index in [1.807, 2.05) is 53.6 Å². The molecule has 1 aliphatic heterocycles. The Morgan fingerprint density at radius 3 is 2.50 bits per heavy atom. The van der Waals surface area contributed by atoms with Crippen molar-refractivity contribution in [2.45, 2.75) is 44.6 Å². The van der Waals surface area contributed by atoms with Gasteiger partial charge in [0.25, 0.3) is 15.1 Å². The molecule has 228 valence electrons. The van der Waals surface area contributed by atoms with Crippen molar-refractivity contribution in [1.82, 2.24) is 0 Å². The summed E-state index contributed by atoms with van der Waals surface area (Å²) in [5.74, 6) is 0.638. The van der Waals surface area contributed by atoms with Crippen LogP contribution in [0.4, 0.5) is 5.69 Å². The van der Waals surface area contributed by atoms with Crippen molar-refractivity contribution in [3.63, 3.8) is 0 Å². The Bertz CT molecular complexity index is 1740. The molecule has 0 spiro atoms. The monoisotopic (exact) mass is 654 g/mol. The Morgan fingerprint density at radius 1 is 1.10 bits per heavy atom. The van der Waals surface area contributed by atoms with Crippen molar-refractivity contribution in [2.24, 2.45) is 0 Å². The maximum atomic E-state index is 11.4. The van der Waals surface area contributed by atoms with Crippen LogP contribution < -0.4 is 18.9 Å². The number of nitrogens with zero attached hydrogens (tertiary/aromatic N) is 2. The number of hydrogen-bond donors (Lipinski definition) is 1. The van der Waals surface area contributed by atoms with Crippen LogP contribution in [0, 0.1) is 6.92 Å². The number of aryl methyl sites for hydroxylation is 2. The number of thiazole rings is 1. The minimum absolute atomic E-state index is 0.186. The average molecular weight is 655 g/mol. The normalized spacial score (nSPS) is 15.0. The smallest absolute Gasteiger partial charge is 0.264 e.